The maximum Gasteiger partial charge on any atom is 0.338 e. The van der Waals surface area contributed by atoms with Crippen LogP contribution in [0.3, 0.4) is 0 Å². The van der Waals surface area contributed by atoms with E-state index in [-0.39, 0.29) is 5.97 Å². The summed E-state index contributed by atoms with van der Waals surface area (Å²) in [4.78, 5) is 15.7. The number of esters is 1. The highest BCUT2D eigenvalue weighted by Crippen LogP contribution is 2.13. The molecule has 0 saturated carbocycles. The molecule has 0 aromatic heterocycles. The van der Waals surface area contributed by atoms with Crippen molar-refractivity contribution in [1.82, 2.24) is 4.90 Å². The van der Waals surface area contributed by atoms with Crippen molar-refractivity contribution in [2.24, 2.45) is 0 Å². The fraction of sp³-hybridized carbons (Fsp3) is 0.353. The van der Waals surface area contributed by atoms with Gasteiger partial charge in [0.05, 0.1) is 6.26 Å². The summed E-state index contributed by atoms with van der Waals surface area (Å²) in [5.41, 5.74) is 2.59. The van der Waals surface area contributed by atoms with Crippen LogP contribution in [0.15, 0.2) is 42.7 Å². The maximum absolute atomic E-state index is 11.7. The SMILES string of the molecule is C=C(CCN(C)C)C(=O)OC=Cc1ccc(N(C)C)cc1. The van der Waals surface area contributed by atoms with Crippen LogP contribution in [-0.4, -0.2) is 45.6 Å². The third-order valence-electron chi connectivity index (χ3n) is 2.99. The lowest BCUT2D eigenvalue weighted by atomic mass is 10.2. The van der Waals surface area contributed by atoms with Crippen molar-refractivity contribution in [1.29, 1.82) is 0 Å². The Kier molecular flexibility index (Phi) is 6.69. The number of nitrogens with zero attached hydrogens (tertiary/aromatic N) is 2. The molecule has 0 saturated heterocycles. The molecule has 0 radical (unpaired) electrons. The van der Waals surface area contributed by atoms with Crippen LogP contribution in [0.4, 0.5) is 5.69 Å². The summed E-state index contributed by atoms with van der Waals surface area (Å²) in [6.45, 7) is 4.52. The van der Waals surface area contributed by atoms with Gasteiger partial charge in [0.15, 0.2) is 0 Å². The first kappa shape index (κ1) is 17.0. The van der Waals surface area contributed by atoms with Crippen LogP contribution in [0.5, 0.6) is 0 Å². The number of ether oxygens (including phenoxy) is 1. The first-order valence-corrected chi connectivity index (χ1v) is 6.87. The molecule has 0 aliphatic heterocycles. The largest absolute Gasteiger partial charge is 0.431 e. The monoisotopic (exact) mass is 288 g/mol. The van der Waals surface area contributed by atoms with Gasteiger partial charge in [-0.15, -0.1) is 0 Å². The lowest BCUT2D eigenvalue weighted by Gasteiger charge is -2.11. The molecule has 0 atom stereocenters. The second-order valence-electron chi connectivity index (χ2n) is 5.35. The molecule has 0 bridgehead atoms. The fourth-order valence-electron chi connectivity index (χ4n) is 1.60. The molecule has 0 N–H and O–H groups in total. The number of anilines is 1. The Hall–Kier alpha value is -2.07. The van der Waals surface area contributed by atoms with E-state index in [1.165, 1.54) is 6.26 Å². The number of carbonyl (C=O) groups is 1. The van der Waals surface area contributed by atoms with Gasteiger partial charge in [-0.25, -0.2) is 4.79 Å². The Morgan fingerprint density at radius 1 is 1.19 bits per heavy atom. The van der Waals surface area contributed by atoms with E-state index in [4.69, 9.17) is 4.74 Å². The Morgan fingerprint density at radius 3 is 2.33 bits per heavy atom. The van der Waals surface area contributed by atoms with E-state index in [1.54, 1.807) is 6.08 Å². The van der Waals surface area contributed by atoms with Gasteiger partial charge in [0.2, 0.25) is 0 Å². The Morgan fingerprint density at radius 2 is 1.81 bits per heavy atom. The highest BCUT2D eigenvalue weighted by Gasteiger charge is 2.07. The van der Waals surface area contributed by atoms with Gasteiger partial charge in [0.25, 0.3) is 0 Å². The van der Waals surface area contributed by atoms with Crippen molar-refractivity contribution >= 4 is 17.7 Å². The van der Waals surface area contributed by atoms with E-state index in [2.05, 4.69) is 6.58 Å². The minimum atomic E-state index is -0.377. The minimum Gasteiger partial charge on any atom is -0.431 e. The van der Waals surface area contributed by atoms with E-state index in [9.17, 15) is 4.79 Å². The van der Waals surface area contributed by atoms with Crippen LogP contribution >= 0.6 is 0 Å². The van der Waals surface area contributed by atoms with Gasteiger partial charge in [0.1, 0.15) is 0 Å². The number of hydrogen-bond donors (Lipinski definition) is 0. The molecule has 1 rings (SSSR count). The average molecular weight is 288 g/mol. The molecule has 0 fully saturated rings. The Balaban J connectivity index is 2.46. The van der Waals surface area contributed by atoms with Crippen molar-refractivity contribution in [2.75, 3.05) is 39.6 Å². The second kappa shape index (κ2) is 8.27. The summed E-state index contributed by atoms with van der Waals surface area (Å²) in [5, 5.41) is 0. The topological polar surface area (TPSA) is 32.8 Å². The quantitative estimate of drug-likeness (QED) is 0.439. The molecule has 0 aliphatic rings. The lowest BCUT2D eigenvalue weighted by molar-refractivity contribution is -0.133. The van der Waals surface area contributed by atoms with Gasteiger partial charge >= 0.3 is 5.97 Å². The molecule has 0 unspecified atom stereocenters. The van der Waals surface area contributed by atoms with E-state index >= 15 is 0 Å². The van der Waals surface area contributed by atoms with Crippen molar-refractivity contribution in [2.45, 2.75) is 6.42 Å². The van der Waals surface area contributed by atoms with Crippen LogP contribution in [0, 0.1) is 0 Å². The van der Waals surface area contributed by atoms with E-state index < -0.39 is 0 Å². The first-order valence-electron chi connectivity index (χ1n) is 6.87. The summed E-state index contributed by atoms with van der Waals surface area (Å²) >= 11 is 0. The predicted molar refractivity (Wildman–Crippen MR) is 88.2 cm³/mol. The highest BCUT2D eigenvalue weighted by atomic mass is 16.5. The van der Waals surface area contributed by atoms with Crippen molar-refractivity contribution in [3.8, 4) is 0 Å². The summed E-state index contributed by atoms with van der Waals surface area (Å²) in [6.07, 6.45) is 3.78. The molecule has 0 aliphatic carbocycles. The van der Waals surface area contributed by atoms with Crippen molar-refractivity contribution in [3.05, 3.63) is 48.2 Å². The molecular formula is C17H24N2O2. The zero-order chi connectivity index (χ0) is 15.8. The standard InChI is InChI=1S/C17H24N2O2/c1-14(10-12-18(2)3)17(20)21-13-11-15-6-8-16(9-7-15)19(4)5/h6-9,11,13H,1,10,12H2,2-5H3. The van der Waals surface area contributed by atoms with Crippen molar-refractivity contribution in [3.63, 3.8) is 0 Å². The summed E-state index contributed by atoms with van der Waals surface area (Å²) < 4.78 is 5.07. The van der Waals surface area contributed by atoms with Gasteiger partial charge in [-0.05, 0) is 44.3 Å². The fourth-order valence-corrected chi connectivity index (χ4v) is 1.60. The van der Waals surface area contributed by atoms with Gasteiger partial charge in [0, 0.05) is 31.9 Å². The molecule has 0 heterocycles. The third kappa shape index (κ3) is 6.27. The van der Waals surface area contributed by atoms with E-state index in [0.29, 0.717) is 12.0 Å². The molecule has 4 heteroatoms. The highest BCUT2D eigenvalue weighted by molar-refractivity contribution is 5.88. The molecular weight excluding hydrogens is 264 g/mol. The number of hydrogen-bond acceptors (Lipinski definition) is 4. The average Bonchev–Trinajstić information content (AvgIpc) is 2.45. The van der Waals surface area contributed by atoms with Gasteiger partial charge in [-0.3, -0.25) is 0 Å². The smallest absolute Gasteiger partial charge is 0.338 e. The predicted octanol–water partition coefficient (Wildman–Crippen LogP) is 2.77. The maximum atomic E-state index is 11.7. The second-order valence-corrected chi connectivity index (χ2v) is 5.35. The van der Waals surface area contributed by atoms with Crippen LogP contribution < -0.4 is 4.90 Å². The van der Waals surface area contributed by atoms with Crippen LogP contribution in [0.25, 0.3) is 6.08 Å². The molecule has 21 heavy (non-hydrogen) atoms. The summed E-state index contributed by atoms with van der Waals surface area (Å²) in [5.74, 6) is -0.377. The molecule has 114 valence electrons. The summed E-state index contributed by atoms with van der Waals surface area (Å²) in [6, 6.07) is 7.97. The summed E-state index contributed by atoms with van der Waals surface area (Å²) in [7, 11) is 7.89. The minimum absolute atomic E-state index is 0.377. The number of benzene rings is 1. The zero-order valence-electron chi connectivity index (χ0n) is 13.3. The lowest BCUT2D eigenvalue weighted by Crippen LogP contribution is -2.15. The van der Waals surface area contributed by atoms with E-state index in [1.807, 2.05) is 62.3 Å². The normalized spacial score (nSPS) is 10.9. The zero-order valence-corrected chi connectivity index (χ0v) is 13.3. The number of carbonyl (C=O) groups excluding carboxylic acids is 1. The third-order valence-corrected chi connectivity index (χ3v) is 2.99. The van der Waals surface area contributed by atoms with E-state index in [0.717, 1.165) is 17.8 Å². The molecule has 0 spiro atoms. The molecule has 0 amide bonds. The van der Waals surface area contributed by atoms with Gasteiger partial charge in [-0.2, -0.15) is 0 Å². The van der Waals surface area contributed by atoms with Gasteiger partial charge in [-0.1, -0.05) is 18.7 Å². The van der Waals surface area contributed by atoms with Crippen molar-refractivity contribution < 1.29 is 9.53 Å². The van der Waals surface area contributed by atoms with Crippen LogP contribution in [-0.2, 0) is 9.53 Å². The molecule has 4 nitrogen and oxygen atoms in total. The Labute approximate surface area is 127 Å². The molecule has 1 aromatic carbocycles. The number of rotatable bonds is 7. The van der Waals surface area contributed by atoms with Crippen LogP contribution in [0.1, 0.15) is 12.0 Å². The van der Waals surface area contributed by atoms with Crippen LogP contribution in [0.2, 0.25) is 0 Å². The molecule has 1 aromatic rings. The Bertz CT molecular complexity index is 502. The van der Waals surface area contributed by atoms with Gasteiger partial charge < -0.3 is 14.5 Å². The first-order chi connectivity index (χ1) is 9.90.